The molecule has 5 aromatic rings. The maximum absolute atomic E-state index is 14.7. The molecule has 0 amide bonds. The average Bonchev–Trinajstić information content (AvgIpc) is 3.51. The van der Waals surface area contributed by atoms with Gasteiger partial charge in [-0.15, -0.1) is 15.3 Å². The molecular weight excluding hydrogens is 468 g/mol. The Morgan fingerprint density at radius 3 is 2.54 bits per heavy atom. The van der Waals surface area contributed by atoms with Crippen LogP contribution in [-0.2, 0) is 6.54 Å². The van der Waals surface area contributed by atoms with E-state index in [0.29, 0.717) is 18.2 Å². The monoisotopic (exact) mass is 484 g/mol. The van der Waals surface area contributed by atoms with Crippen LogP contribution in [0.1, 0.15) is 24.8 Å². The van der Waals surface area contributed by atoms with Crippen LogP contribution >= 0.6 is 0 Å². The molecular formula is C22H16F4N8O. The minimum Gasteiger partial charge on any atom is -0.415 e. The van der Waals surface area contributed by atoms with Crippen molar-refractivity contribution in [2.45, 2.75) is 19.9 Å². The molecule has 1 N–H and O–H groups in total. The Labute approximate surface area is 194 Å². The molecule has 0 unspecified atom stereocenters. The van der Waals surface area contributed by atoms with Gasteiger partial charge in [0.05, 0.1) is 18.3 Å². The van der Waals surface area contributed by atoms with Gasteiger partial charge < -0.3 is 9.73 Å². The Bertz CT molecular complexity index is 1490. The SMILES string of the molecule is CCNc1ncc2cc(-c3cn(Cc4c(F)cc(-c5nnc(C(F)F)o5)cc4F)nn3)ccc2n1. The fraction of sp³-hybridized carbons (Fsp3) is 0.182. The van der Waals surface area contributed by atoms with E-state index in [4.69, 9.17) is 4.42 Å². The molecule has 0 aliphatic carbocycles. The van der Waals surface area contributed by atoms with E-state index in [0.717, 1.165) is 28.6 Å². The molecule has 0 saturated heterocycles. The molecule has 0 spiro atoms. The number of rotatable bonds is 7. The number of aromatic nitrogens is 7. The molecule has 0 radical (unpaired) electrons. The van der Waals surface area contributed by atoms with Crippen LogP contribution in [0.5, 0.6) is 0 Å². The summed E-state index contributed by atoms with van der Waals surface area (Å²) >= 11 is 0. The summed E-state index contributed by atoms with van der Waals surface area (Å²) < 4.78 is 60.7. The Morgan fingerprint density at radius 2 is 1.83 bits per heavy atom. The maximum Gasteiger partial charge on any atom is 0.314 e. The molecule has 35 heavy (non-hydrogen) atoms. The second kappa shape index (κ2) is 9.08. The normalized spacial score (nSPS) is 11.5. The van der Waals surface area contributed by atoms with Gasteiger partial charge in [0.1, 0.15) is 17.3 Å². The van der Waals surface area contributed by atoms with Gasteiger partial charge in [0.15, 0.2) is 0 Å². The summed E-state index contributed by atoms with van der Waals surface area (Å²) in [5, 5.41) is 18.5. The van der Waals surface area contributed by atoms with E-state index in [-0.39, 0.29) is 17.7 Å². The highest BCUT2D eigenvalue weighted by atomic mass is 19.3. The molecule has 0 atom stereocenters. The van der Waals surface area contributed by atoms with Crippen LogP contribution in [0.15, 0.2) is 47.1 Å². The Kier molecular flexibility index (Phi) is 5.81. The number of hydrogen-bond donors (Lipinski definition) is 1. The van der Waals surface area contributed by atoms with Crippen LogP contribution in [0.4, 0.5) is 23.5 Å². The largest absolute Gasteiger partial charge is 0.415 e. The standard InChI is InChI=1S/C22H16F4N8O/c1-2-27-22-28-8-13-5-11(3-4-17(13)29-22)18-10-34(33-30-18)9-14-15(23)6-12(7-16(14)24)20-31-32-21(35-20)19(25)26/h3-8,10,19H,2,9H2,1H3,(H,27,28,29). The van der Waals surface area contributed by atoms with E-state index >= 15 is 0 Å². The van der Waals surface area contributed by atoms with Crippen LogP contribution < -0.4 is 5.32 Å². The number of halogens is 4. The summed E-state index contributed by atoms with van der Waals surface area (Å²) in [7, 11) is 0. The lowest BCUT2D eigenvalue weighted by molar-refractivity contribution is 0.116. The smallest absolute Gasteiger partial charge is 0.314 e. The summed E-state index contributed by atoms with van der Waals surface area (Å²) in [6.45, 7) is 2.40. The van der Waals surface area contributed by atoms with Gasteiger partial charge in [0.25, 0.3) is 5.89 Å². The second-order valence-corrected chi connectivity index (χ2v) is 7.46. The number of nitrogens with one attached hydrogen (secondary N) is 1. The summed E-state index contributed by atoms with van der Waals surface area (Å²) in [5.74, 6) is -2.66. The van der Waals surface area contributed by atoms with E-state index in [1.54, 1.807) is 12.4 Å². The zero-order chi connectivity index (χ0) is 24.5. The molecule has 13 heteroatoms. The average molecular weight is 484 g/mol. The number of alkyl halides is 2. The van der Waals surface area contributed by atoms with Crippen LogP contribution in [0, 0.1) is 11.6 Å². The van der Waals surface area contributed by atoms with Gasteiger partial charge in [0, 0.05) is 34.8 Å². The van der Waals surface area contributed by atoms with Crippen molar-refractivity contribution in [3.8, 4) is 22.7 Å². The third-order valence-corrected chi connectivity index (χ3v) is 5.08. The highest BCUT2D eigenvalue weighted by molar-refractivity contribution is 5.83. The van der Waals surface area contributed by atoms with Gasteiger partial charge in [-0.3, -0.25) is 0 Å². The molecule has 0 saturated carbocycles. The number of nitrogens with zero attached hydrogens (tertiary/aromatic N) is 7. The fourth-order valence-electron chi connectivity index (χ4n) is 3.42. The summed E-state index contributed by atoms with van der Waals surface area (Å²) in [5.41, 5.74) is 1.52. The lowest BCUT2D eigenvalue weighted by Crippen LogP contribution is -2.06. The van der Waals surface area contributed by atoms with E-state index in [2.05, 4.69) is 35.8 Å². The molecule has 5 rings (SSSR count). The third-order valence-electron chi connectivity index (χ3n) is 5.08. The molecule has 3 aromatic heterocycles. The molecule has 2 aromatic carbocycles. The first-order valence-corrected chi connectivity index (χ1v) is 10.4. The zero-order valence-electron chi connectivity index (χ0n) is 18.1. The van der Waals surface area contributed by atoms with Crippen molar-refractivity contribution in [2.75, 3.05) is 11.9 Å². The molecule has 0 aliphatic rings. The van der Waals surface area contributed by atoms with E-state index < -0.39 is 29.8 Å². The third kappa shape index (κ3) is 4.52. The van der Waals surface area contributed by atoms with Crippen molar-refractivity contribution in [3.05, 3.63) is 65.8 Å². The number of fused-ring (bicyclic) bond motifs is 1. The Hall–Kier alpha value is -4.42. The molecule has 3 heterocycles. The Balaban J connectivity index is 1.38. The number of benzene rings is 2. The van der Waals surface area contributed by atoms with E-state index in [9.17, 15) is 17.6 Å². The van der Waals surface area contributed by atoms with Gasteiger partial charge in [0.2, 0.25) is 11.8 Å². The lowest BCUT2D eigenvalue weighted by atomic mass is 10.1. The summed E-state index contributed by atoms with van der Waals surface area (Å²) in [6.07, 6.45) is 0.251. The van der Waals surface area contributed by atoms with Crippen molar-refractivity contribution in [2.24, 2.45) is 0 Å². The lowest BCUT2D eigenvalue weighted by Gasteiger charge is -2.06. The maximum atomic E-state index is 14.7. The van der Waals surface area contributed by atoms with Crippen LogP contribution in [0.3, 0.4) is 0 Å². The predicted octanol–water partition coefficient (Wildman–Crippen LogP) is 4.63. The van der Waals surface area contributed by atoms with Gasteiger partial charge in [-0.2, -0.15) is 8.78 Å². The van der Waals surface area contributed by atoms with Gasteiger partial charge in [-0.1, -0.05) is 11.3 Å². The number of anilines is 1. The predicted molar refractivity (Wildman–Crippen MR) is 116 cm³/mol. The first-order chi connectivity index (χ1) is 16.9. The molecule has 0 fully saturated rings. The van der Waals surface area contributed by atoms with Crippen LogP contribution in [0.25, 0.3) is 33.6 Å². The number of hydrogen-bond acceptors (Lipinski definition) is 8. The highest BCUT2D eigenvalue weighted by Crippen LogP contribution is 2.27. The summed E-state index contributed by atoms with van der Waals surface area (Å²) in [6, 6.07) is 7.34. The first-order valence-electron chi connectivity index (χ1n) is 10.4. The topological polar surface area (TPSA) is 107 Å². The minimum absolute atomic E-state index is 0.155. The Morgan fingerprint density at radius 1 is 1.03 bits per heavy atom. The fourth-order valence-corrected chi connectivity index (χ4v) is 3.42. The van der Waals surface area contributed by atoms with Crippen molar-refractivity contribution >= 4 is 16.9 Å². The van der Waals surface area contributed by atoms with Crippen molar-refractivity contribution in [1.29, 1.82) is 0 Å². The molecule has 178 valence electrons. The molecule has 0 bridgehead atoms. The van der Waals surface area contributed by atoms with Crippen LogP contribution in [0.2, 0.25) is 0 Å². The molecule has 9 nitrogen and oxygen atoms in total. The van der Waals surface area contributed by atoms with Crippen LogP contribution in [-0.4, -0.2) is 41.7 Å². The van der Waals surface area contributed by atoms with Gasteiger partial charge in [-0.25, -0.2) is 23.4 Å². The quantitative estimate of drug-likeness (QED) is 0.333. The second-order valence-electron chi connectivity index (χ2n) is 7.46. The van der Waals surface area contributed by atoms with Gasteiger partial charge >= 0.3 is 6.43 Å². The van der Waals surface area contributed by atoms with Crippen molar-refractivity contribution in [3.63, 3.8) is 0 Å². The van der Waals surface area contributed by atoms with Gasteiger partial charge in [-0.05, 0) is 31.2 Å². The summed E-state index contributed by atoms with van der Waals surface area (Å²) in [4.78, 5) is 8.67. The van der Waals surface area contributed by atoms with Crippen molar-refractivity contribution in [1.82, 2.24) is 35.2 Å². The minimum atomic E-state index is -2.99. The zero-order valence-corrected chi connectivity index (χ0v) is 18.1. The molecule has 0 aliphatic heterocycles. The first kappa shape index (κ1) is 22.4. The van der Waals surface area contributed by atoms with E-state index in [1.807, 2.05) is 25.1 Å². The van der Waals surface area contributed by atoms with E-state index in [1.165, 1.54) is 4.68 Å². The highest BCUT2D eigenvalue weighted by Gasteiger charge is 2.20. The van der Waals surface area contributed by atoms with Crippen molar-refractivity contribution < 1.29 is 22.0 Å².